The van der Waals surface area contributed by atoms with Gasteiger partial charge < -0.3 is 0 Å². The Morgan fingerprint density at radius 3 is 2.76 bits per heavy atom. The van der Waals surface area contributed by atoms with E-state index in [4.69, 9.17) is 5.26 Å². The van der Waals surface area contributed by atoms with Gasteiger partial charge in [0.25, 0.3) is 0 Å². The molecule has 1 aliphatic rings. The van der Waals surface area contributed by atoms with Crippen LogP contribution in [-0.2, 0) is 0 Å². The minimum Gasteiger partial charge on any atom is -0.272 e. The van der Waals surface area contributed by atoms with E-state index >= 15 is 0 Å². The third-order valence-electron chi connectivity index (χ3n) is 2.95. The monoisotopic (exact) mass is 222 g/mol. The SMILES string of the molecule is N#CC1NN=NC1c1ccc2ccccc2c1. The van der Waals surface area contributed by atoms with E-state index in [0.29, 0.717) is 0 Å². The highest BCUT2D eigenvalue weighted by molar-refractivity contribution is 5.83. The summed E-state index contributed by atoms with van der Waals surface area (Å²) in [6.45, 7) is 0. The van der Waals surface area contributed by atoms with Crippen molar-refractivity contribution in [1.82, 2.24) is 5.43 Å². The molecule has 0 saturated heterocycles. The quantitative estimate of drug-likeness (QED) is 0.806. The van der Waals surface area contributed by atoms with Crippen LogP contribution in [0.4, 0.5) is 0 Å². The Morgan fingerprint density at radius 2 is 1.94 bits per heavy atom. The van der Waals surface area contributed by atoms with Gasteiger partial charge in [0, 0.05) is 0 Å². The molecule has 0 amide bonds. The Kier molecular flexibility index (Phi) is 2.23. The van der Waals surface area contributed by atoms with Crippen molar-refractivity contribution in [3.05, 3.63) is 48.0 Å². The number of hydrogen-bond acceptors (Lipinski definition) is 4. The van der Waals surface area contributed by atoms with Gasteiger partial charge in [0.15, 0.2) is 6.04 Å². The first-order chi connectivity index (χ1) is 8.38. The predicted octanol–water partition coefficient (Wildman–Crippen LogP) is 2.74. The lowest BCUT2D eigenvalue weighted by Gasteiger charge is -2.10. The highest BCUT2D eigenvalue weighted by atomic mass is 15.5. The van der Waals surface area contributed by atoms with Crippen LogP contribution in [0, 0.1) is 11.3 Å². The molecule has 0 saturated carbocycles. The standard InChI is InChI=1S/C13H10N4/c14-8-12-13(16-17-15-12)11-6-5-9-3-1-2-4-10(9)7-11/h1-7,12-13H,(H,15,16). The molecule has 2 aromatic carbocycles. The molecule has 3 rings (SSSR count). The molecule has 0 spiro atoms. The molecule has 1 heterocycles. The molecule has 1 aliphatic heterocycles. The molecule has 4 heteroatoms. The first kappa shape index (κ1) is 9.79. The molecule has 0 aromatic heterocycles. The van der Waals surface area contributed by atoms with Gasteiger partial charge in [-0.1, -0.05) is 41.6 Å². The predicted molar refractivity (Wildman–Crippen MR) is 64.1 cm³/mol. The van der Waals surface area contributed by atoms with E-state index in [0.717, 1.165) is 10.9 Å². The molecule has 2 aromatic rings. The van der Waals surface area contributed by atoms with E-state index in [1.165, 1.54) is 5.39 Å². The van der Waals surface area contributed by atoms with Crippen LogP contribution in [-0.4, -0.2) is 6.04 Å². The maximum absolute atomic E-state index is 8.98. The molecule has 82 valence electrons. The van der Waals surface area contributed by atoms with E-state index in [1.54, 1.807) is 0 Å². The van der Waals surface area contributed by atoms with Gasteiger partial charge in [0.2, 0.25) is 0 Å². The van der Waals surface area contributed by atoms with Crippen LogP contribution in [0.5, 0.6) is 0 Å². The van der Waals surface area contributed by atoms with Crippen molar-refractivity contribution < 1.29 is 0 Å². The summed E-state index contributed by atoms with van der Waals surface area (Å²) >= 11 is 0. The average molecular weight is 222 g/mol. The topological polar surface area (TPSA) is 60.5 Å². The molecule has 17 heavy (non-hydrogen) atoms. The number of benzene rings is 2. The average Bonchev–Trinajstić information content (AvgIpc) is 2.86. The van der Waals surface area contributed by atoms with Crippen molar-refractivity contribution in [2.75, 3.05) is 0 Å². The number of nitrogens with zero attached hydrogens (tertiary/aromatic N) is 3. The van der Waals surface area contributed by atoms with Crippen molar-refractivity contribution in [3.63, 3.8) is 0 Å². The zero-order valence-electron chi connectivity index (χ0n) is 9.04. The number of nitriles is 1. The van der Waals surface area contributed by atoms with Crippen molar-refractivity contribution in [2.45, 2.75) is 12.1 Å². The first-order valence-electron chi connectivity index (χ1n) is 5.42. The van der Waals surface area contributed by atoms with Crippen LogP contribution in [0.15, 0.2) is 52.8 Å². The molecule has 2 unspecified atom stereocenters. The van der Waals surface area contributed by atoms with Crippen LogP contribution < -0.4 is 5.43 Å². The third kappa shape index (κ3) is 1.62. The van der Waals surface area contributed by atoms with Crippen LogP contribution >= 0.6 is 0 Å². The molecular formula is C13H10N4. The molecule has 0 aliphatic carbocycles. The van der Waals surface area contributed by atoms with E-state index in [2.05, 4.69) is 40.0 Å². The van der Waals surface area contributed by atoms with Crippen molar-refractivity contribution in [3.8, 4) is 6.07 Å². The maximum atomic E-state index is 8.98. The molecule has 0 radical (unpaired) electrons. The van der Waals surface area contributed by atoms with Gasteiger partial charge in [-0.05, 0) is 22.4 Å². The summed E-state index contributed by atoms with van der Waals surface area (Å²) in [6.07, 6.45) is 0. The summed E-state index contributed by atoms with van der Waals surface area (Å²) in [5.41, 5.74) is 3.72. The zero-order valence-corrected chi connectivity index (χ0v) is 9.04. The normalized spacial score (nSPS) is 22.3. The van der Waals surface area contributed by atoms with Gasteiger partial charge in [0.05, 0.1) is 6.07 Å². The minimum atomic E-state index is -0.365. The Balaban J connectivity index is 2.07. The maximum Gasteiger partial charge on any atom is 0.160 e. The van der Waals surface area contributed by atoms with Gasteiger partial charge >= 0.3 is 0 Å². The van der Waals surface area contributed by atoms with Crippen molar-refractivity contribution in [2.24, 2.45) is 10.3 Å². The minimum absolute atomic E-state index is 0.204. The lowest BCUT2D eigenvalue weighted by molar-refractivity contribution is 0.631. The fourth-order valence-electron chi connectivity index (χ4n) is 2.05. The van der Waals surface area contributed by atoms with Gasteiger partial charge in [-0.15, -0.1) is 0 Å². The van der Waals surface area contributed by atoms with E-state index in [9.17, 15) is 0 Å². The van der Waals surface area contributed by atoms with Gasteiger partial charge in [-0.25, -0.2) is 0 Å². The number of nitrogens with one attached hydrogen (secondary N) is 1. The second-order valence-electron chi connectivity index (χ2n) is 4.00. The zero-order chi connectivity index (χ0) is 11.7. The summed E-state index contributed by atoms with van der Waals surface area (Å²) in [4.78, 5) is 0. The van der Waals surface area contributed by atoms with Crippen LogP contribution in [0.1, 0.15) is 11.6 Å². The Hall–Kier alpha value is -2.41. The lowest BCUT2D eigenvalue weighted by Crippen LogP contribution is -2.22. The molecule has 0 bridgehead atoms. The molecule has 2 atom stereocenters. The van der Waals surface area contributed by atoms with Gasteiger partial charge in [-0.2, -0.15) is 10.4 Å². The van der Waals surface area contributed by atoms with Crippen molar-refractivity contribution >= 4 is 10.8 Å². The number of fused-ring (bicyclic) bond motifs is 1. The number of hydrogen-bond donors (Lipinski definition) is 1. The van der Waals surface area contributed by atoms with E-state index in [1.807, 2.05) is 24.3 Å². The van der Waals surface area contributed by atoms with Crippen LogP contribution in [0.3, 0.4) is 0 Å². The largest absolute Gasteiger partial charge is 0.272 e. The lowest BCUT2D eigenvalue weighted by atomic mass is 9.98. The van der Waals surface area contributed by atoms with E-state index in [-0.39, 0.29) is 12.1 Å². The summed E-state index contributed by atoms with van der Waals surface area (Å²) in [6, 6.07) is 15.8. The van der Waals surface area contributed by atoms with E-state index < -0.39 is 0 Å². The Labute approximate surface area is 98.6 Å². The Morgan fingerprint density at radius 1 is 1.12 bits per heavy atom. The summed E-state index contributed by atoms with van der Waals surface area (Å²) in [5.74, 6) is 0. The third-order valence-corrected chi connectivity index (χ3v) is 2.95. The molecule has 1 N–H and O–H groups in total. The molecule has 4 nitrogen and oxygen atoms in total. The number of rotatable bonds is 1. The second kappa shape index (κ2) is 3.87. The summed E-state index contributed by atoms with van der Waals surface area (Å²) in [5, 5.41) is 19.1. The second-order valence-corrected chi connectivity index (χ2v) is 4.00. The smallest absolute Gasteiger partial charge is 0.160 e. The fourth-order valence-corrected chi connectivity index (χ4v) is 2.05. The highest BCUT2D eigenvalue weighted by Gasteiger charge is 2.26. The molecular weight excluding hydrogens is 212 g/mol. The van der Waals surface area contributed by atoms with Crippen molar-refractivity contribution in [1.29, 1.82) is 5.26 Å². The summed E-state index contributed by atoms with van der Waals surface area (Å²) < 4.78 is 0. The van der Waals surface area contributed by atoms with Crippen LogP contribution in [0.25, 0.3) is 10.8 Å². The Bertz CT molecular complexity index is 627. The van der Waals surface area contributed by atoms with Gasteiger partial charge in [-0.3, -0.25) is 5.43 Å². The fraction of sp³-hybridized carbons (Fsp3) is 0.154. The molecule has 0 fully saturated rings. The summed E-state index contributed by atoms with van der Waals surface area (Å²) in [7, 11) is 0. The van der Waals surface area contributed by atoms with Gasteiger partial charge in [0.1, 0.15) is 6.04 Å². The van der Waals surface area contributed by atoms with Crippen LogP contribution in [0.2, 0.25) is 0 Å². The highest BCUT2D eigenvalue weighted by Crippen LogP contribution is 2.28. The first-order valence-corrected chi connectivity index (χ1v) is 5.42.